The number of carbonyl (C=O) groups excluding carboxylic acids is 1. The molecule has 0 aromatic heterocycles. The summed E-state index contributed by atoms with van der Waals surface area (Å²) in [6, 6.07) is 18.7. The summed E-state index contributed by atoms with van der Waals surface area (Å²) in [5, 5.41) is 6.10. The van der Waals surface area contributed by atoms with Crippen molar-refractivity contribution in [1.29, 1.82) is 0 Å². The number of amides is 1. The van der Waals surface area contributed by atoms with Gasteiger partial charge >= 0.3 is 0 Å². The minimum Gasteiger partial charge on any atom is -0.497 e. The lowest BCUT2D eigenvalue weighted by Crippen LogP contribution is -2.14. The standard InChI is InChI=1S/C22H21FN2O3/c1-27-19-11-12-20(21(14-19)28-2)24-17-7-9-18(10-8-17)25-22(26)13-15-3-5-16(23)6-4-15/h3-12,14,24H,13H2,1-2H3,(H,25,26). The summed E-state index contributed by atoms with van der Waals surface area (Å²) < 4.78 is 23.5. The second-order valence-corrected chi connectivity index (χ2v) is 6.12. The predicted octanol–water partition coefficient (Wildman–Crippen LogP) is 4.77. The van der Waals surface area contributed by atoms with E-state index in [9.17, 15) is 9.18 Å². The molecule has 2 N–H and O–H groups in total. The number of ether oxygens (including phenoxy) is 2. The van der Waals surface area contributed by atoms with Crippen LogP contribution in [0.1, 0.15) is 5.56 Å². The number of rotatable bonds is 7. The van der Waals surface area contributed by atoms with Gasteiger partial charge in [-0.2, -0.15) is 0 Å². The third kappa shape index (κ3) is 5.01. The number of nitrogens with one attached hydrogen (secondary N) is 2. The molecule has 3 aromatic rings. The Labute approximate surface area is 163 Å². The van der Waals surface area contributed by atoms with Crippen LogP contribution in [0.15, 0.2) is 66.7 Å². The number of methoxy groups -OCH3 is 2. The molecule has 0 spiro atoms. The predicted molar refractivity (Wildman–Crippen MR) is 108 cm³/mol. The molecule has 1 amide bonds. The molecule has 0 radical (unpaired) electrons. The summed E-state index contributed by atoms with van der Waals surface area (Å²) in [5.74, 6) is 0.891. The van der Waals surface area contributed by atoms with Crippen molar-refractivity contribution in [3.8, 4) is 11.5 Å². The molecule has 3 rings (SSSR count). The van der Waals surface area contributed by atoms with Crippen LogP contribution >= 0.6 is 0 Å². The first kappa shape index (κ1) is 19.2. The third-order valence-corrected chi connectivity index (χ3v) is 4.13. The highest BCUT2D eigenvalue weighted by Crippen LogP contribution is 2.31. The van der Waals surface area contributed by atoms with Gasteiger partial charge in [-0.15, -0.1) is 0 Å². The zero-order valence-corrected chi connectivity index (χ0v) is 15.7. The van der Waals surface area contributed by atoms with Gasteiger partial charge in [0.25, 0.3) is 0 Å². The van der Waals surface area contributed by atoms with E-state index in [0.717, 1.165) is 16.9 Å². The Morgan fingerprint density at radius 2 is 1.57 bits per heavy atom. The second kappa shape index (κ2) is 8.90. The monoisotopic (exact) mass is 380 g/mol. The maximum Gasteiger partial charge on any atom is 0.228 e. The molecule has 0 atom stereocenters. The van der Waals surface area contributed by atoms with E-state index in [0.29, 0.717) is 17.2 Å². The molecule has 0 bridgehead atoms. The molecular formula is C22H21FN2O3. The number of hydrogen-bond donors (Lipinski definition) is 2. The Morgan fingerprint density at radius 3 is 2.21 bits per heavy atom. The lowest BCUT2D eigenvalue weighted by molar-refractivity contribution is -0.115. The fourth-order valence-corrected chi connectivity index (χ4v) is 2.69. The first-order chi connectivity index (χ1) is 13.6. The summed E-state index contributed by atoms with van der Waals surface area (Å²) in [7, 11) is 3.20. The van der Waals surface area contributed by atoms with Crippen molar-refractivity contribution in [3.63, 3.8) is 0 Å². The summed E-state index contributed by atoms with van der Waals surface area (Å²) in [4.78, 5) is 12.1. The fourth-order valence-electron chi connectivity index (χ4n) is 2.69. The molecule has 0 aliphatic heterocycles. The van der Waals surface area contributed by atoms with E-state index in [-0.39, 0.29) is 18.1 Å². The Balaban J connectivity index is 1.62. The fraction of sp³-hybridized carbons (Fsp3) is 0.136. The average Bonchev–Trinajstić information content (AvgIpc) is 2.71. The van der Waals surface area contributed by atoms with Crippen LogP contribution in [0, 0.1) is 5.82 Å². The number of carbonyl (C=O) groups is 1. The van der Waals surface area contributed by atoms with Crippen molar-refractivity contribution in [2.45, 2.75) is 6.42 Å². The molecule has 0 aliphatic rings. The maximum absolute atomic E-state index is 12.9. The van der Waals surface area contributed by atoms with Crippen molar-refractivity contribution < 1.29 is 18.7 Å². The van der Waals surface area contributed by atoms with Gasteiger partial charge in [0, 0.05) is 17.4 Å². The Morgan fingerprint density at radius 1 is 0.893 bits per heavy atom. The Bertz CT molecular complexity index is 941. The molecule has 0 saturated carbocycles. The molecule has 0 saturated heterocycles. The van der Waals surface area contributed by atoms with Crippen LogP contribution in [0.5, 0.6) is 11.5 Å². The number of benzene rings is 3. The molecule has 0 unspecified atom stereocenters. The molecule has 0 fully saturated rings. The van der Waals surface area contributed by atoms with Crippen molar-refractivity contribution in [1.82, 2.24) is 0 Å². The van der Waals surface area contributed by atoms with Crippen LogP contribution in [0.25, 0.3) is 0 Å². The molecule has 3 aromatic carbocycles. The van der Waals surface area contributed by atoms with Crippen LogP contribution in [0.4, 0.5) is 21.5 Å². The molecule has 144 valence electrons. The molecule has 0 aliphatic carbocycles. The smallest absolute Gasteiger partial charge is 0.228 e. The first-order valence-electron chi connectivity index (χ1n) is 8.71. The SMILES string of the molecule is COc1ccc(Nc2ccc(NC(=O)Cc3ccc(F)cc3)cc2)c(OC)c1. The van der Waals surface area contributed by atoms with Gasteiger partial charge in [-0.05, 0) is 54.1 Å². The molecule has 6 heteroatoms. The summed E-state index contributed by atoms with van der Waals surface area (Å²) in [6.07, 6.45) is 0.184. The summed E-state index contributed by atoms with van der Waals surface area (Å²) in [6.45, 7) is 0. The van der Waals surface area contributed by atoms with Gasteiger partial charge in [0.05, 0.1) is 26.3 Å². The highest BCUT2D eigenvalue weighted by molar-refractivity contribution is 5.92. The Kier molecular flexibility index (Phi) is 6.11. The van der Waals surface area contributed by atoms with Crippen LogP contribution in [-0.4, -0.2) is 20.1 Å². The zero-order chi connectivity index (χ0) is 19.9. The third-order valence-electron chi connectivity index (χ3n) is 4.13. The normalized spacial score (nSPS) is 10.2. The van der Waals surface area contributed by atoms with Crippen molar-refractivity contribution in [3.05, 3.63) is 78.1 Å². The van der Waals surface area contributed by atoms with Crippen LogP contribution in [0.3, 0.4) is 0 Å². The van der Waals surface area contributed by atoms with Gasteiger partial charge < -0.3 is 20.1 Å². The topological polar surface area (TPSA) is 59.6 Å². The van der Waals surface area contributed by atoms with Crippen molar-refractivity contribution in [2.24, 2.45) is 0 Å². The largest absolute Gasteiger partial charge is 0.497 e. The average molecular weight is 380 g/mol. The number of halogens is 1. The summed E-state index contributed by atoms with van der Waals surface area (Å²) in [5.41, 5.74) is 3.08. The number of hydrogen-bond acceptors (Lipinski definition) is 4. The van der Waals surface area contributed by atoms with E-state index >= 15 is 0 Å². The lowest BCUT2D eigenvalue weighted by atomic mass is 10.1. The zero-order valence-electron chi connectivity index (χ0n) is 15.7. The molecular weight excluding hydrogens is 359 g/mol. The van der Waals surface area contributed by atoms with Gasteiger partial charge in [0.1, 0.15) is 17.3 Å². The lowest BCUT2D eigenvalue weighted by Gasteiger charge is -2.13. The van der Waals surface area contributed by atoms with Crippen LogP contribution < -0.4 is 20.1 Å². The first-order valence-corrected chi connectivity index (χ1v) is 8.71. The highest BCUT2D eigenvalue weighted by atomic mass is 19.1. The van der Waals surface area contributed by atoms with E-state index in [1.54, 1.807) is 44.6 Å². The van der Waals surface area contributed by atoms with Gasteiger partial charge in [-0.3, -0.25) is 4.79 Å². The molecule has 5 nitrogen and oxygen atoms in total. The van der Waals surface area contributed by atoms with Gasteiger partial charge in [-0.25, -0.2) is 4.39 Å². The Hall–Kier alpha value is -3.54. The van der Waals surface area contributed by atoms with E-state index in [2.05, 4.69) is 10.6 Å². The minimum atomic E-state index is -0.319. The van der Waals surface area contributed by atoms with Crippen LogP contribution in [-0.2, 0) is 11.2 Å². The van der Waals surface area contributed by atoms with E-state index in [4.69, 9.17) is 9.47 Å². The van der Waals surface area contributed by atoms with Crippen molar-refractivity contribution in [2.75, 3.05) is 24.9 Å². The van der Waals surface area contributed by atoms with E-state index < -0.39 is 0 Å². The van der Waals surface area contributed by atoms with Crippen molar-refractivity contribution >= 4 is 23.0 Å². The minimum absolute atomic E-state index is 0.163. The quantitative estimate of drug-likeness (QED) is 0.620. The molecule has 0 heterocycles. The van der Waals surface area contributed by atoms with Gasteiger partial charge in [0.2, 0.25) is 5.91 Å². The maximum atomic E-state index is 12.9. The van der Waals surface area contributed by atoms with Gasteiger partial charge in [0.15, 0.2) is 0 Å². The molecule has 28 heavy (non-hydrogen) atoms. The number of anilines is 3. The summed E-state index contributed by atoms with van der Waals surface area (Å²) >= 11 is 0. The second-order valence-electron chi connectivity index (χ2n) is 6.12. The van der Waals surface area contributed by atoms with E-state index in [1.807, 2.05) is 24.3 Å². The van der Waals surface area contributed by atoms with E-state index in [1.165, 1.54) is 12.1 Å². The van der Waals surface area contributed by atoms with Gasteiger partial charge in [-0.1, -0.05) is 12.1 Å². The van der Waals surface area contributed by atoms with Crippen LogP contribution in [0.2, 0.25) is 0 Å². The highest BCUT2D eigenvalue weighted by Gasteiger charge is 2.07.